The van der Waals surface area contributed by atoms with Crippen molar-refractivity contribution in [2.24, 2.45) is 0 Å². The lowest BCUT2D eigenvalue weighted by Crippen LogP contribution is -2.50. The van der Waals surface area contributed by atoms with Crippen LogP contribution in [-0.4, -0.2) is 55.6 Å². The van der Waals surface area contributed by atoms with Gasteiger partial charge in [0.25, 0.3) is 5.91 Å². The minimum atomic E-state index is -3.81. The molecule has 3 aromatic rings. The predicted octanol–water partition coefficient (Wildman–Crippen LogP) is 3.77. The van der Waals surface area contributed by atoms with Gasteiger partial charge in [-0.05, 0) is 36.2 Å². The smallest absolute Gasteiger partial charge is 0.255 e. The van der Waals surface area contributed by atoms with Crippen LogP contribution in [0.5, 0.6) is 0 Å². The second kappa shape index (κ2) is 9.79. The number of sulfonamides is 1. The molecule has 176 valence electrons. The highest BCUT2D eigenvalue weighted by atomic mass is 32.2. The van der Waals surface area contributed by atoms with Crippen LogP contribution >= 0.6 is 0 Å². The van der Waals surface area contributed by atoms with Crippen LogP contribution in [0.3, 0.4) is 0 Å². The number of carbonyl (C=O) groups excluding carboxylic acids is 2. The van der Waals surface area contributed by atoms with E-state index < -0.39 is 10.0 Å². The Morgan fingerprint density at radius 3 is 2.18 bits per heavy atom. The predicted molar refractivity (Wildman–Crippen MR) is 132 cm³/mol. The van der Waals surface area contributed by atoms with Crippen molar-refractivity contribution in [3.63, 3.8) is 0 Å². The fourth-order valence-corrected chi connectivity index (χ4v) is 5.73. The summed E-state index contributed by atoms with van der Waals surface area (Å²) in [4.78, 5) is 26.4. The molecule has 1 aliphatic heterocycles. The molecule has 1 fully saturated rings. The van der Waals surface area contributed by atoms with Crippen molar-refractivity contribution in [3.8, 4) is 11.1 Å². The van der Waals surface area contributed by atoms with Crippen LogP contribution in [0.25, 0.3) is 11.1 Å². The van der Waals surface area contributed by atoms with Crippen molar-refractivity contribution < 1.29 is 18.0 Å². The zero-order chi connectivity index (χ0) is 24.3. The first-order chi connectivity index (χ1) is 16.3. The third kappa shape index (κ3) is 4.88. The Balaban J connectivity index is 1.59. The van der Waals surface area contributed by atoms with E-state index >= 15 is 0 Å². The van der Waals surface area contributed by atoms with Crippen LogP contribution in [0, 0.1) is 6.92 Å². The first-order valence-corrected chi connectivity index (χ1v) is 12.5. The molecule has 1 heterocycles. The second-order valence-corrected chi connectivity index (χ2v) is 10.2. The molecule has 34 heavy (non-hydrogen) atoms. The molecule has 0 spiro atoms. The number of amides is 2. The van der Waals surface area contributed by atoms with Crippen molar-refractivity contribution in [1.82, 2.24) is 9.21 Å². The number of piperazine rings is 1. The molecule has 2 amide bonds. The highest BCUT2D eigenvalue weighted by Crippen LogP contribution is 2.29. The number of hydrogen-bond donors (Lipinski definition) is 1. The Morgan fingerprint density at radius 1 is 0.853 bits per heavy atom. The highest BCUT2D eigenvalue weighted by molar-refractivity contribution is 7.89. The summed E-state index contributed by atoms with van der Waals surface area (Å²) in [5, 5.41) is 2.93. The molecular weight excluding hydrogens is 450 g/mol. The molecule has 0 unspecified atom stereocenters. The quantitative estimate of drug-likeness (QED) is 0.606. The number of nitrogens with zero attached hydrogens (tertiary/aromatic N) is 2. The van der Waals surface area contributed by atoms with Crippen molar-refractivity contribution in [3.05, 3.63) is 83.9 Å². The number of benzene rings is 3. The van der Waals surface area contributed by atoms with Crippen molar-refractivity contribution in [2.45, 2.75) is 18.7 Å². The van der Waals surface area contributed by atoms with E-state index in [0.717, 1.165) is 11.1 Å². The van der Waals surface area contributed by atoms with Gasteiger partial charge < -0.3 is 10.2 Å². The van der Waals surface area contributed by atoms with Gasteiger partial charge in [-0.25, -0.2) is 8.42 Å². The number of hydrogen-bond acceptors (Lipinski definition) is 4. The van der Waals surface area contributed by atoms with E-state index in [9.17, 15) is 18.0 Å². The summed E-state index contributed by atoms with van der Waals surface area (Å²) in [6.07, 6.45) is 0. The lowest BCUT2D eigenvalue weighted by atomic mass is 10.0. The molecular formula is C26H27N3O4S. The van der Waals surface area contributed by atoms with Gasteiger partial charge in [0.05, 0.1) is 4.90 Å². The van der Waals surface area contributed by atoms with Gasteiger partial charge in [-0.2, -0.15) is 4.31 Å². The molecule has 0 atom stereocenters. The van der Waals surface area contributed by atoms with E-state index in [0.29, 0.717) is 24.3 Å². The minimum Gasteiger partial charge on any atom is -0.340 e. The van der Waals surface area contributed by atoms with Crippen molar-refractivity contribution in [2.75, 3.05) is 31.5 Å². The Bertz CT molecular complexity index is 1310. The Hall–Kier alpha value is -3.49. The zero-order valence-corrected chi connectivity index (χ0v) is 20.0. The van der Waals surface area contributed by atoms with Crippen LogP contribution in [0.15, 0.2) is 77.7 Å². The van der Waals surface area contributed by atoms with Gasteiger partial charge >= 0.3 is 0 Å². The number of anilines is 1. The standard InChI is InChI=1S/C26H27N3O4S/c1-19-12-13-22(18-25(19)34(32,33)29-16-14-28(15-17-29)20(2)30)26(31)27-24-11-7-6-10-23(24)21-8-4-3-5-9-21/h3-13,18H,14-17H2,1-2H3,(H,27,31). The van der Waals surface area contributed by atoms with Gasteiger partial charge in [0.2, 0.25) is 15.9 Å². The fourth-order valence-electron chi connectivity index (χ4n) is 4.06. The summed E-state index contributed by atoms with van der Waals surface area (Å²) in [6, 6.07) is 21.9. The van der Waals surface area contributed by atoms with Crippen LogP contribution in [-0.2, 0) is 14.8 Å². The van der Waals surface area contributed by atoms with Crippen molar-refractivity contribution in [1.29, 1.82) is 0 Å². The first-order valence-electron chi connectivity index (χ1n) is 11.1. The normalized spacial score (nSPS) is 14.6. The number of rotatable bonds is 5. The Morgan fingerprint density at radius 2 is 1.50 bits per heavy atom. The van der Waals surface area contributed by atoms with E-state index in [1.165, 1.54) is 17.3 Å². The monoisotopic (exact) mass is 477 g/mol. The van der Waals surface area contributed by atoms with E-state index in [2.05, 4.69) is 5.32 Å². The zero-order valence-electron chi connectivity index (χ0n) is 19.2. The summed E-state index contributed by atoms with van der Waals surface area (Å²) in [7, 11) is -3.81. The van der Waals surface area contributed by atoms with E-state index in [4.69, 9.17) is 0 Å². The van der Waals surface area contributed by atoms with Gasteiger partial charge in [-0.15, -0.1) is 0 Å². The molecule has 1 saturated heterocycles. The third-order valence-corrected chi connectivity index (χ3v) is 8.05. The topological polar surface area (TPSA) is 86.8 Å². The molecule has 8 heteroatoms. The second-order valence-electron chi connectivity index (χ2n) is 8.26. The largest absolute Gasteiger partial charge is 0.340 e. The third-order valence-electron chi connectivity index (χ3n) is 6.01. The lowest BCUT2D eigenvalue weighted by Gasteiger charge is -2.33. The lowest BCUT2D eigenvalue weighted by molar-refractivity contribution is -0.129. The molecule has 4 rings (SSSR count). The van der Waals surface area contributed by atoms with E-state index in [-0.39, 0.29) is 35.4 Å². The summed E-state index contributed by atoms with van der Waals surface area (Å²) in [5.74, 6) is -0.455. The van der Waals surface area contributed by atoms with Crippen LogP contribution in [0.1, 0.15) is 22.8 Å². The van der Waals surface area contributed by atoms with Gasteiger partial charge in [0.15, 0.2) is 0 Å². The molecule has 0 bridgehead atoms. The average Bonchev–Trinajstić information content (AvgIpc) is 2.85. The maximum atomic E-state index is 13.3. The van der Waals surface area contributed by atoms with Gasteiger partial charge in [0, 0.05) is 49.9 Å². The summed E-state index contributed by atoms with van der Waals surface area (Å²) >= 11 is 0. The summed E-state index contributed by atoms with van der Waals surface area (Å²) < 4.78 is 28.1. The highest BCUT2D eigenvalue weighted by Gasteiger charge is 2.31. The molecule has 0 aliphatic carbocycles. The van der Waals surface area contributed by atoms with E-state index in [1.54, 1.807) is 24.0 Å². The maximum absolute atomic E-state index is 13.3. The van der Waals surface area contributed by atoms with Crippen LogP contribution in [0.2, 0.25) is 0 Å². The summed E-state index contributed by atoms with van der Waals surface area (Å²) in [5.41, 5.74) is 3.31. The molecule has 3 aromatic carbocycles. The van der Waals surface area contributed by atoms with Crippen molar-refractivity contribution >= 4 is 27.5 Å². The number of aryl methyl sites for hydroxylation is 1. The Labute approximate surface area is 200 Å². The fraction of sp³-hybridized carbons (Fsp3) is 0.231. The molecule has 1 N–H and O–H groups in total. The summed E-state index contributed by atoms with van der Waals surface area (Å²) in [6.45, 7) is 4.34. The number of nitrogens with one attached hydrogen (secondary N) is 1. The van der Waals surface area contributed by atoms with Gasteiger partial charge in [-0.1, -0.05) is 54.6 Å². The SMILES string of the molecule is CC(=O)N1CCN(S(=O)(=O)c2cc(C(=O)Nc3ccccc3-c3ccccc3)ccc2C)CC1. The maximum Gasteiger partial charge on any atom is 0.255 e. The molecule has 0 radical (unpaired) electrons. The van der Waals surface area contributed by atoms with Gasteiger partial charge in [-0.3, -0.25) is 9.59 Å². The average molecular weight is 478 g/mol. The molecule has 7 nitrogen and oxygen atoms in total. The number of para-hydroxylation sites is 1. The Kier molecular flexibility index (Phi) is 6.81. The van der Waals surface area contributed by atoms with E-state index in [1.807, 2.05) is 54.6 Å². The first kappa shape index (κ1) is 23.7. The number of carbonyl (C=O) groups is 2. The van der Waals surface area contributed by atoms with Gasteiger partial charge in [0.1, 0.15) is 0 Å². The minimum absolute atomic E-state index is 0.0670. The molecule has 0 saturated carbocycles. The molecule has 0 aromatic heterocycles. The van der Waals surface area contributed by atoms with Crippen LogP contribution in [0.4, 0.5) is 5.69 Å². The van der Waals surface area contributed by atoms with Crippen LogP contribution < -0.4 is 5.32 Å². The molecule has 1 aliphatic rings.